The summed E-state index contributed by atoms with van der Waals surface area (Å²) < 4.78 is 0. The maximum absolute atomic E-state index is 5.75. The summed E-state index contributed by atoms with van der Waals surface area (Å²) in [5, 5.41) is 0.313. The van der Waals surface area contributed by atoms with Gasteiger partial charge in [0.25, 0.3) is 0 Å². The first-order valence-corrected chi connectivity index (χ1v) is 5.61. The minimum absolute atomic E-state index is 0. The number of halogens is 2. The van der Waals surface area contributed by atoms with E-state index in [9.17, 15) is 0 Å². The molecule has 1 aromatic heterocycles. The van der Waals surface area contributed by atoms with Gasteiger partial charge < -0.3 is 10.6 Å². The molecule has 0 unspecified atom stereocenters. The van der Waals surface area contributed by atoms with Crippen LogP contribution in [0.4, 0.5) is 5.82 Å². The van der Waals surface area contributed by atoms with E-state index in [1.807, 2.05) is 6.07 Å². The highest BCUT2D eigenvalue weighted by atomic mass is 35.5. The highest BCUT2D eigenvalue weighted by Crippen LogP contribution is 2.21. The van der Waals surface area contributed by atoms with Gasteiger partial charge in [-0.2, -0.15) is 0 Å². The number of piperidine rings is 1. The zero-order chi connectivity index (χ0) is 10.7. The molecule has 1 aliphatic rings. The highest BCUT2D eigenvalue weighted by molar-refractivity contribution is 6.28. The van der Waals surface area contributed by atoms with Crippen molar-refractivity contribution in [3.8, 4) is 0 Å². The molecular formula is C10H16Cl2N4. The summed E-state index contributed by atoms with van der Waals surface area (Å²) in [6.07, 6.45) is 3.97. The largest absolute Gasteiger partial charge is 0.356 e. The Labute approximate surface area is 107 Å². The zero-order valence-electron chi connectivity index (χ0n) is 8.97. The van der Waals surface area contributed by atoms with Crippen molar-refractivity contribution in [1.29, 1.82) is 0 Å². The minimum Gasteiger partial charge on any atom is -0.356 e. The van der Waals surface area contributed by atoms with E-state index in [1.54, 1.807) is 6.20 Å². The van der Waals surface area contributed by atoms with Crippen molar-refractivity contribution in [2.24, 2.45) is 11.7 Å². The molecule has 0 aromatic carbocycles. The van der Waals surface area contributed by atoms with Crippen molar-refractivity contribution < 1.29 is 0 Å². The van der Waals surface area contributed by atoms with Crippen molar-refractivity contribution >= 4 is 29.8 Å². The van der Waals surface area contributed by atoms with Crippen LogP contribution in [0.25, 0.3) is 0 Å². The third-order valence-electron chi connectivity index (χ3n) is 2.88. The molecule has 0 amide bonds. The second-order valence-electron chi connectivity index (χ2n) is 3.85. The number of rotatable bonds is 2. The molecule has 0 bridgehead atoms. The average molecular weight is 263 g/mol. The lowest BCUT2D eigenvalue weighted by Gasteiger charge is -2.32. The molecule has 1 aromatic rings. The van der Waals surface area contributed by atoms with Gasteiger partial charge in [0.15, 0.2) is 0 Å². The van der Waals surface area contributed by atoms with E-state index in [2.05, 4.69) is 14.9 Å². The SMILES string of the molecule is Cl.NCC1CCN(c2ccnc(Cl)n2)CC1. The second-order valence-corrected chi connectivity index (χ2v) is 4.19. The minimum atomic E-state index is 0. The lowest BCUT2D eigenvalue weighted by molar-refractivity contribution is 0.413. The molecule has 90 valence electrons. The maximum Gasteiger partial charge on any atom is 0.224 e. The first kappa shape index (κ1) is 13.5. The fraction of sp³-hybridized carbons (Fsp3) is 0.600. The molecule has 16 heavy (non-hydrogen) atoms. The standard InChI is InChI=1S/C10H15ClN4.ClH/c11-10-13-4-1-9(14-10)15-5-2-8(7-12)3-6-15;/h1,4,8H,2-3,5-7,12H2;1H. The zero-order valence-corrected chi connectivity index (χ0v) is 10.5. The smallest absolute Gasteiger partial charge is 0.224 e. The summed E-state index contributed by atoms with van der Waals surface area (Å²) in [7, 11) is 0. The van der Waals surface area contributed by atoms with Gasteiger partial charge in [0.1, 0.15) is 5.82 Å². The first-order chi connectivity index (χ1) is 7.29. The first-order valence-electron chi connectivity index (χ1n) is 5.23. The summed E-state index contributed by atoms with van der Waals surface area (Å²) in [6, 6.07) is 1.90. The predicted molar refractivity (Wildman–Crippen MR) is 68.3 cm³/mol. The van der Waals surface area contributed by atoms with E-state index < -0.39 is 0 Å². The topological polar surface area (TPSA) is 55.0 Å². The van der Waals surface area contributed by atoms with E-state index in [-0.39, 0.29) is 12.4 Å². The van der Waals surface area contributed by atoms with Gasteiger partial charge in [-0.25, -0.2) is 9.97 Å². The number of nitrogens with two attached hydrogens (primary N) is 1. The van der Waals surface area contributed by atoms with Gasteiger partial charge in [0, 0.05) is 19.3 Å². The molecule has 1 saturated heterocycles. The second kappa shape index (κ2) is 6.23. The molecule has 0 radical (unpaired) electrons. The summed E-state index contributed by atoms with van der Waals surface area (Å²) in [5.74, 6) is 1.59. The number of hydrogen-bond acceptors (Lipinski definition) is 4. The summed E-state index contributed by atoms with van der Waals surface area (Å²) in [6.45, 7) is 2.81. The Hall–Kier alpha value is -0.580. The maximum atomic E-state index is 5.75. The van der Waals surface area contributed by atoms with Gasteiger partial charge in [-0.1, -0.05) is 0 Å². The number of nitrogens with zero attached hydrogens (tertiary/aromatic N) is 3. The van der Waals surface area contributed by atoms with Crippen molar-refractivity contribution in [3.05, 3.63) is 17.5 Å². The molecule has 1 fully saturated rings. The molecular weight excluding hydrogens is 247 g/mol. The Morgan fingerprint density at radius 2 is 2.12 bits per heavy atom. The van der Waals surface area contributed by atoms with Crippen LogP contribution in [0.15, 0.2) is 12.3 Å². The van der Waals surface area contributed by atoms with Crippen LogP contribution >= 0.6 is 24.0 Å². The van der Waals surface area contributed by atoms with E-state index in [1.165, 1.54) is 0 Å². The van der Waals surface area contributed by atoms with Gasteiger partial charge in [0.05, 0.1) is 0 Å². The molecule has 0 saturated carbocycles. The van der Waals surface area contributed by atoms with Crippen LogP contribution in [0.3, 0.4) is 0 Å². The quantitative estimate of drug-likeness (QED) is 0.825. The van der Waals surface area contributed by atoms with Crippen molar-refractivity contribution in [1.82, 2.24) is 9.97 Å². The fourth-order valence-electron chi connectivity index (χ4n) is 1.90. The Balaban J connectivity index is 0.00000128. The van der Waals surface area contributed by atoms with Crippen LogP contribution in [0.2, 0.25) is 5.28 Å². The Kier molecular flexibility index (Phi) is 5.25. The fourth-order valence-corrected chi connectivity index (χ4v) is 2.04. The molecule has 2 N–H and O–H groups in total. The van der Waals surface area contributed by atoms with Crippen LogP contribution in [0, 0.1) is 5.92 Å². The highest BCUT2D eigenvalue weighted by Gasteiger charge is 2.18. The Morgan fingerprint density at radius 3 is 2.69 bits per heavy atom. The molecule has 2 rings (SSSR count). The molecule has 0 spiro atoms. The van der Waals surface area contributed by atoms with Gasteiger partial charge in [0.2, 0.25) is 5.28 Å². The van der Waals surface area contributed by atoms with Crippen molar-refractivity contribution in [3.63, 3.8) is 0 Å². The average Bonchev–Trinajstić information content (AvgIpc) is 2.29. The van der Waals surface area contributed by atoms with Crippen LogP contribution in [-0.2, 0) is 0 Å². The lowest BCUT2D eigenvalue weighted by atomic mass is 9.97. The van der Waals surface area contributed by atoms with Crippen LogP contribution in [-0.4, -0.2) is 29.6 Å². The molecule has 2 heterocycles. The normalized spacial score (nSPS) is 17.0. The predicted octanol–water partition coefficient (Wildman–Crippen LogP) is 1.73. The third kappa shape index (κ3) is 3.20. The van der Waals surface area contributed by atoms with Crippen molar-refractivity contribution in [2.75, 3.05) is 24.5 Å². The van der Waals surface area contributed by atoms with Crippen LogP contribution < -0.4 is 10.6 Å². The Morgan fingerprint density at radius 1 is 1.44 bits per heavy atom. The van der Waals surface area contributed by atoms with E-state index >= 15 is 0 Å². The van der Waals surface area contributed by atoms with Gasteiger partial charge in [-0.05, 0) is 43.0 Å². The molecule has 0 aliphatic carbocycles. The van der Waals surface area contributed by atoms with Crippen LogP contribution in [0.1, 0.15) is 12.8 Å². The number of hydrogen-bond donors (Lipinski definition) is 1. The summed E-state index contributed by atoms with van der Waals surface area (Å²) in [4.78, 5) is 10.3. The van der Waals surface area contributed by atoms with Crippen molar-refractivity contribution in [2.45, 2.75) is 12.8 Å². The molecule has 1 aliphatic heterocycles. The third-order valence-corrected chi connectivity index (χ3v) is 3.07. The van der Waals surface area contributed by atoms with Gasteiger partial charge in [-0.3, -0.25) is 0 Å². The van der Waals surface area contributed by atoms with E-state index in [0.717, 1.165) is 38.3 Å². The molecule has 0 atom stereocenters. The Bertz CT molecular complexity index is 326. The monoisotopic (exact) mass is 262 g/mol. The summed E-state index contributed by atoms with van der Waals surface area (Å²) >= 11 is 5.75. The molecule has 6 heteroatoms. The van der Waals surface area contributed by atoms with Crippen LogP contribution in [0.5, 0.6) is 0 Å². The molecule has 4 nitrogen and oxygen atoms in total. The number of aromatic nitrogens is 2. The van der Waals surface area contributed by atoms with Gasteiger partial charge >= 0.3 is 0 Å². The van der Waals surface area contributed by atoms with E-state index in [4.69, 9.17) is 17.3 Å². The number of anilines is 1. The van der Waals surface area contributed by atoms with Gasteiger partial charge in [-0.15, -0.1) is 12.4 Å². The lowest BCUT2D eigenvalue weighted by Crippen LogP contribution is -2.36. The van der Waals surface area contributed by atoms with E-state index in [0.29, 0.717) is 11.2 Å². The summed E-state index contributed by atoms with van der Waals surface area (Å²) in [5.41, 5.74) is 5.65.